The molecular formula is C25H24N4O4. The number of rotatable bonds is 6. The van der Waals surface area contributed by atoms with E-state index in [9.17, 15) is 14.4 Å². The second kappa shape index (κ2) is 9.97. The Balaban J connectivity index is 1.44. The van der Waals surface area contributed by atoms with Crippen LogP contribution in [0.4, 0.5) is 16.2 Å². The average Bonchev–Trinajstić information content (AvgIpc) is 2.85. The van der Waals surface area contributed by atoms with E-state index in [-0.39, 0.29) is 25.0 Å². The highest BCUT2D eigenvalue weighted by Crippen LogP contribution is 2.31. The van der Waals surface area contributed by atoms with Crippen LogP contribution in [0, 0.1) is 0 Å². The lowest BCUT2D eigenvalue weighted by Gasteiger charge is -2.28. The molecule has 3 amide bonds. The van der Waals surface area contributed by atoms with Crippen LogP contribution in [-0.2, 0) is 29.2 Å². The van der Waals surface area contributed by atoms with Crippen molar-refractivity contribution in [1.82, 2.24) is 5.32 Å². The molecular weight excluding hydrogens is 420 g/mol. The first-order valence-corrected chi connectivity index (χ1v) is 10.5. The van der Waals surface area contributed by atoms with Crippen molar-refractivity contribution in [2.75, 3.05) is 16.8 Å². The standard InChI is InChI=1S/C25H24N4O4/c26-13-18-7-4-8-19(11-18)14-27-24(31)20-9-10-22-21(12-20)28-23(30)15-29(22)25(32)33-16-17-5-2-1-3-6-17/h1-12H,13-16,26H2,(H,27,31)(H,28,30). The summed E-state index contributed by atoms with van der Waals surface area (Å²) in [6, 6.07) is 21.7. The number of carbonyl (C=O) groups excluding carboxylic acids is 3. The van der Waals surface area contributed by atoms with Gasteiger partial charge in [-0.05, 0) is 34.9 Å². The summed E-state index contributed by atoms with van der Waals surface area (Å²) in [4.78, 5) is 38.8. The zero-order valence-electron chi connectivity index (χ0n) is 17.9. The Kier molecular flexibility index (Phi) is 6.66. The highest BCUT2D eigenvalue weighted by molar-refractivity contribution is 6.09. The maximum atomic E-state index is 12.7. The lowest BCUT2D eigenvalue weighted by atomic mass is 10.1. The first-order valence-electron chi connectivity index (χ1n) is 10.5. The van der Waals surface area contributed by atoms with Gasteiger partial charge in [0, 0.05) is 18.7 Å². The van der Waals surface area contributed by atoms with E-state index in [0.29, 0.717) is 30.0 Å². The third kappa shape index (κ3) is 5.36. The zero-order chi connectivity index (χ0) is 23.2. The third-order valence-electron chi connectivity index (χ3n) is 5.23. The summed E-state index contributed by atoms with van der Waals surface area (Å²) in [5.74, 6) is -0.663. The summed E-state index contributed by atoms with van der Waals surface area (Å²) >= 11 is 0. The van der Waals surface area contributed by atoms with Crippen molar-refractivity contribution >= 4 is 29.3 Å². The molecule has 0 aromatic heterocycles. The van der Waals surface area contributed by atoms with Crippen LogP contribution in [0.25, 0.3) is 0 Å². The van der Waals surface area contributed by atoms with Gasteiger partial charge < -0.3 is 21.1 Å². The van der Waals surface area contributed by atoms with Gasteiger partial charge >= 0.3 is 6.09 Å². The smallest absolute Gasteiger partial charge is 0.415 e. The minimum atomic E-state index is -0.632. The molecule has 33 heavy (non-hydrogen) atoms. The third-order valence-corrected chi connectivity index (χ3v) is 5.23. The molecule has 0 spiro atoms. The Morgan fingerprint density at radius 1 is 0.970 bits per heavy atom. The zero-order valence-corrected chi connectivity index (χ0v) is 17.9. The Morgan fingerprint density at radius 3 is 2.52 bits per heavy atom. The van der Waals surface area contributed by atoms with Gasteiger partial charge in [0.25, 0.3) is 5.91 Å². The second-order valence-electron chi connectivity index (χ2n) is 7.61. The number of nitrogens with one attached hydrogen (secondary N) is 2. The van der Waals surface area contributed by atoms with Crippen molar-refractivity contribution in [2.45, 2.75) is 19.7 Å². The molecule has 1 aliphatic heterocycles. The molecule has 1 heterocycles. The van der Waals surface area contributed by atoms with E-state index in [1.54, 1.807) is 18.2 Å². The van der Waals surface area contributed by atoms with Crippen molar-refractivity contribution in [3.8, 4) is 0 Å². The van der Waals surface area contributed by atoms with Gasteiger partial charge in [0.1, 0.15) is 13.2 Å². The van der Waals surface area contributed by atoms with Crippen LogP contribution in [0.15, 0.2) is 72.8 Å². The minimum absolute atomic E-state index is 0.0962. The molecule has 168 valence electrons. The summed E-state index contributed by atoms with van der Waals surface area (Å²) in [5, 5.41) is 5.58. The number of hydrogen-bond donors (Lipinski definition) is 3. The molecule has 8 heteroatoms. The molecule has 4 rings (SSSR count). The number of anilines is 2. The van der Waals surface area contributed by atoms with Crippen molar-refractivity contribution in [3.05, 3.63) is 95.1 Å². The number of ether oxygens (including phenoxy) is 1. The van der Waals surface area contributed by atoms with Gasteiger partial charge in [0.2, 0.25) is 5.91 Å². The van der Waals surface area contributed by atoms with E-state index < -0.39 is 6.09 Å². The van der Waals surface area contributed by atoms with Gasteiger partial charge in [0.15, 0.2) is 0 Å². The Hall–Kier alpha value is -4.17. The topological polar surface area (TPSA) is 114 Å². The van der Waals surface area contributed by atoms with Crippen LogP contribution in [0.2, 0.25) is 0 Å². The monoisotopic (exact) mass is 444 g/mol. The van der Waals surface area contributed by atoms with Crippen molar-refractivity contribution in [3.63, 3.8) is 0 Å². The van der Waals surface area contributed by atoms with Crippen LogP contribution >= 0.6 is 0 Å². The van der Waals surface area contributed by atoms with Gasteiger partial charge in [-0.3, -0.25) is 14.5 Å². The van der Waals surface area contributed by atoms with Gasteiger partial charge in [-0.2, -0.15) is 0 Å². The highest BCUT2D eigenvalue weighted by atomic mass is 16.6. The van der Waals surface area contributed by atoms with E-state index in [1.807, 2.05) is 54.6 Å². The molecule has 3 aromatic carbocycles. The largest absolute Gasteiger partial charge is 0.444 e. The fourth-order valence-corrected chi connectivity index (χ4v) is 3.54. The lowest BCUT2D eigenvalue weighted by molar-refractivity contribution is -0.115. The fourth-order valence-electron chi connectivity index (χ4n) is 3.54. The fraction of sp³-hybridized carbons (Fsp3) is 0.160. The van der Waals surface area contributed by atoms with Crippen LogP contribution in [0.5, 0.6) is 0 Å². The van der Waals surface area contributed by atoms with Gasteiger partial charge in [-0.15, -0.1) is 0 Å². The van der Waals surface area contributed by atoms with Crippen LogP contribution < -0.4 is 21.3 Å². The predicted molar refractivity (Wildman–Crippen MR) is 125 cm³/mol. The number of carbonyl (C=O) groups is 3. The number of nitrogens with two attached hydrogens (primary N) is 1. The van der Waals surface area contributed by atoms with Crippen molar-refractivity contribution in [2.24, 2.45) is 5.73 Å². The molecule has 0 saturated carbocycles. The summed E-state index contributed by atoms with van der Waals surface area (Å²) in [6.45, 7) is 0.702. The molecule has 8 nitrogen and oxygen atoms in total. The molecule has 0 saturated heterocycles. The van der Waals surface area contributed by atoms with E-state index in [4.69, 9.17) is 10.5 Å². The first kappa shape index (κ1) is 22.0. The lowest BCUT2D eigenvalue weighted by Crippen LogP contribution is -2.42. The van der Waals surface area contributed by atoms with Crippen LogP contribution in [-0.4, -0.2) is 24.5 Å². The number of hydrogen-bond acceptors (Lipinski definition) is 5. The second-order valence-corrected chi connectivity index (χ2v) is 7.61. The predicted octanol–water partition coefficient (Wildman–Crippen LogP) is 3.17. The Morgan fingerprint density at radius 2 is 1.73 bits per heavy atom. The van der Waals surface area contributed by atoms with Crippen LogP contribution in [0.1, 0.15) is 27.0 Å². The molecule has 0 aliphatic carbocycles. The maximum absolute atomic E-state index is 12.7. The number of benzene rings is 3. The molecule has 0 fully saturated rings. The van der Waals surface area contributed by atoms with Crippen molar-refractivity contribution < 1.29 is 19.1 Å². The number of fused-ring (bicyclic) bond motifs is 1. The van der Waals surface area contributed by atoms with E-state index in [2.05, 4.69) is 10.6 Å². The van der Waals surface area contributed by atoms with Crippen LogP contribution in [0.3, 0.4) is 0 Å². The SMILES string of the molecule is NCc1cccc(CNC(=O)c2ccc3c(c2)NC(=O)CN3C(=O)OCc2ccccc2)c1. The van der Waals surface area contributed by atoms with Crippen molar-refractivity contribution in [1.29, 1.82) is 0 Å². The molecule has 0 radical (unpaired) electrons. The summed E-state index contributed by atoms with van der Waals surface area (Å²) in [5.41, 5.74) is 9.64. The van der Waals surface area contributed by atoms with E-state index in [1.165, 1.54) is 4.90 Å². The highest BCUT2D eigenvalue weighted by Gasteiger charge is 2.28. The molecule has 3 aromatic rings. The van der Waals surface area contributed by atoms with E-state index in [0.717, 1.165) is 16.7 Å². The Bertz CT molecular complexity index is 1180. The van der Waals surface area contributed by atoms with Gasteiger partial charge in [0.05, 0.1) is 11.4 Å². The molecule has 1 aliphatic rings. The Labute approximate surface area is 191 Å². The summed E-state index contributed by atoms with van der Waals surface area (Å²) in [6.07, 6.45) is -0.632. The summed E-state index contributed by atoms with van der Waals surface area (Å²) < 4.78 is 5.38. The maximum Gasteiger partial charge on any atom is 0.415 e. The molecule has 0 atom stereocenters. The average molecular weight is 444 g/mol. The normalized spacial score (nSPS) is 12.5. The number of amides is 3. The quantitative estimate of drug-likeness (QED) is 0.540. The van der Waals surface area contributed by atoms with Gasteiger partial charge in [-0.1, -0.05) is 54.6 Å². The molecule has 4 N–H and O–H groups in total. The van der Waals surface area contributed by atoms with E-state index >= 15 is 0 Å². The number of nitrogens with zero attached hydrogens (tertiary/aromatic N) is 1. The molecule has 0 bridgehead atoms. The first-order chi connectivity index (χ1) is 16.0. The molecule has 0 unspecified atom stereocenters. The summed E-state index contributed by atoms with van der Waals surface area (Å²) in [7, 11) is 0. The van der Waals surface area contributed by atoms with Gasteiger partial charge in [-0.25, -0.2) is 4.79 Å². The minimum Gasteiger partial charge on any atom is -0.444 e.